The van der Waals surface area contributed by atoms with Crippen LogP contribution in [0, 0.1) is 0 Å². The van der Waals surface area contributed by atoms with Crippen LogP contribution in [0.4, 0.5) is 0 Å². The minimum Gasteiger partial charge on any atom is -0.476 e. The highest BCUT2D eigenvalue weighted by Gasteiger charge is 2.29. The lowest BCUT2D eigenvalue weighted by Crippen LogP contribution is -2.21. The molecule has 2 heterocycles. The molecule has 0 N–H and O–H groups in total. The van der Waals surface area contributed by atoms with Gasteiger partial charge in [0, 0.05) is 30.2 Å². The van der Waals surface area contributed by atoms with Gasteiger partial charge in [-0.1, -0.05) is 102 Å². The molecule has 0 spiro atoms. The monoisotopic (exact) mass is 578 g/mol. The van der Waals surface area contributed by atoms with E-state index >= 15 is 0 Å². The van der Waals surface area contributed by atoms with E-state index in [4.69, 9.17) is 29.2 Å². The Morgan fingerprint density at radius 3 is 1.93 bits per heavy atom. The third-order valence-electron chi connectivity index (χ3n) is 7.38. The van der Waals surface area contributed by atoms with Crippen LogP contribution in [0.25, 0.3) is 22.6 Å². The first-order valence-electron chi connectivity index (χ1n) is 14.8. The van der Waals surface area contributed by atoms with Crippen LogP contribution >= 0.6 is 0 Å². The van der Waals surface area contributed by atoms with Gasteiger partial charge in [-0.15, -0.1) is 0 Å². The molecule has 2 aromatic heterocycles. The number of nitrogens with zero attached hydrogens (tertiary/aromatic N) is 4. The summed E-state index contributed by atoms with van der Waals surface area (Å²) in [6.07, 6.45) is 2.59. The molecule has 0 aliphatic carbocycles. The summed E-state index contributed by atoms with van der Waals surface area (Å²) in [4.78, 5) is 14.8. The third-order valence-corrected chi connectivity index (χ3v) is 7.38. The molecular weight excluding hydrogens is 536 g/mol. The fourth-order valence-corrected chi connectivity index (χ4v) is 5.10. The largest absolute Gasteiger partial charge is 0.476 e. The average molecular weight is 579 g/mol. The number of benzene rings is 3. The van der Waals surface area contributed by atoms with Gasteiger partial charge in [-0.05, 0) is 34.1 Å². The first-order valence-corrected chi connectivity index (χ1v) is 14.8. The van der Waals surface area contributed by atoms with E-state index in [1.54, 1.807) is 7.11 Å². The van der Waals surface area contributed by atoms with Crippen molar-refractivity contribution in [2.75, 3.05) is 20.5 Å². The molecule has 7 nitrogen and oxygen atoms in total. The molecular formula is C36H42N4O3. The predicted molar refractivity (Wildman–Crippen MR) is 172 cm³/mol. The number of hydrogen-bond acceptors (Lipinski definition) is 6. The lowest BCUT2D eigenvalue weighted by molar-refractivity contribution is 0.0484. The van der Waals surface area contributed by atoms with E-state index in [0.29, 0.717) is 30.4 Å². The lowest BCUT2D eigenvalue weighted by atomic mass is 9.78. The highest BCUT2D eigenvalue weighted by molar-refractivity contribution is 5.79. The van der Waals surface area contributed by atoms with E-state index in [9.17, 15) is 0 Å². The summed E-state index contributed by atoms with van der Waals surface area (Å²) in [5.41, 5.74) is 6.40. The standard InChI is InChI=1S/C36H42N4O3/c1-35(2,3)28-20-27(21-29(36(4,5)6)31(28)43-24-41-7)32-38-33-30(37-23-40(33)22-26-16-12-9-13-17-26)34(39-32)42-19-18-25-14-10-8-11-15-25/h8-17,20-21,23H,18-19,22,24H2,1-7H3. The second-order valence-electron chi connectivity index (χ2n) is 12.9. The van der Waals surface area contributed by atoms with Crippen LogP contribution in [0.1, 0.15) is 63.8 Å². The second-order valence-corrected chi connectivity index (χ2v) is 12.9. The van der Waals surface area contributed by atoms with Crippen molar-refractivity contribution in [2.24, 2.45) is 0 Å². The molecule has 0 saturated carbocycles. The average Bonchev–Trinajstić information content (AvgIpc) is 3.38. The van der Waals surface area contributed by atoms with Crippen molar-refractivity contribution in [3.05, 3.63) is 101 Å². The number of fused-ring (bicyclic) bond motifs is 1. The molecule has 43 heavy (non-hydrogen) atoms. The SMILES string of the molecule is COCOc1c(C(C)(C)C)cc(-c2nc(OCCc3ccccc3)c3ncn(Cc4ccccc4)c3n2)cc1C(C)(C)C. The van der Waals surface area contributed by atoms with E-state index < -0.39 is 0 Å². The molecule has 224 valence electrons. The van der Waals surface area contributed by atoms with Gasteiger partial charge in [0.1, 0.15) is 5.75 Å². The molecule has 0 fully saturated rings. The van der Waals surface area contributed by atoms with E-state index in [1.165, 1.54) is 5.56 Å². The van der Waals surface area contributed by atoms with Gasteiger partial charge >= 0.3 is 0 Å². The van der Waals surface area contributed by atoms with Crippen molar-refractivity contribution in [3.63, 3.8) is 0 Å². The smallest absolute Gasteiger partial charge is 0.246 e. The van der Waals surface area contributed by atoms with Crippen LogP contribution < -0.4 is 9.47 Å². The molecule has 0 radical (unpaired) electrons. The van der Waals surface area contributed by atoms with Crippen molar-refractivity contribution in [3.8, 4) is 23.0 Å². The maximum absolute atomic E-state index is 6.35. The van der Waals surface area contributed by atoms with E-state index in [-0.39, 0.29) is 17.6 Å². The molecule has 5 rings (SSSR count). The summed E-state index contributed by atoms with van der Waals surface area (Å²) in [5.74, 6) is 1.92. The Morgan fingerprint density at radius 1 is 0.744 bits per heavy atom. The zero-order valence-electron chi connectivity index (χ0n) is 26.3. The van der Waals surface area contributed by atoms with Crippen molar-refractivity contribution >= 4 is 11.2 Å². The molecule has 0 atom stereocenters. The Hall–Kier alpha value is -4.23. The summed E-state index contributed by atoms with van der Waals surface area (Å²) in [6.45, 7) is 14.4. The molecule has 0 saturated heterocycles. The Balaban J connectivity index is 1.65. The lowest BCUT2D eigenvalue weighted by Gasteiger charge is -2.30. The van der Waals surface area contributed by atoms with Crippen molar-refractivity contribution in [1.82, 2.24) is 19.5 Å². The molecule has 5 aromatic rings. The van der Waals surface area contributed by atoms with Crippen LogP contribution in [0.3, 0.4) is 0 Å². The van der Waals surface area contributed by atoms with Crippen LogP contribution in [0.5, 0.6) is 11.6 Å². The maximum atomic E-state index is 6.35. The summed E-state index contributed by atoms with van der Waals surface area (Å²) in [5, 5.41) is 0. The molecule has 3 aromatic carbocycles. The van der Waals surface area contributed by atoms with Gasteiger partial charge in [0.2, 0.25) is 5.88 Å². The van der Waals surface area contributed by atoms with Crippen LogP contribution in [-0.2, 0) is 28.5 Å². The minimum absolute atomic E-state index is 0.173. The normalized spacial score (nSPS) is 12.1. The number of aromatic nitrogens is 4. The van der Waals surface area contributed by atoms with Crippen molar-refractivity contribution < 1.29 is 14.2 Å². The van der Waals surface area contributed by atoms with Gasteiger partial charge < -0.3 is 18.8 Å². The van der Waals surface area contributed by atoms with Gasteiger partial charge in [-0.3, -0.25) is 0 Å². The van der Waals surface area contributed by atoms with Crippen molar-refractivity contribution in [2.45, 2.75) is 65.3 Å². The van der Waals surface area contributed by atoms with Crippen molar-refractivity contribution in [1.29, 1.82) is 0 Å². The van der Waals surface area contributed by atoms with Gasteiger partial charge in [0.25, 0.3) is 0 Å². The first-order chi connectivity index (χ1) is 20.5. The van der Waals surface area contributed by atoms with E-state index in [0.717, 1.165) is 40.1 Å². The van der Waals surface area contributed by atoms with E-state index in [2.05, 4.69) is 82.5 Å². The highest BCUT2D eigenvalue weighted by Crippen LogP contribution is 2.43. The van der Waals surface area contributed by atoms with Gasteiger partial charge in [-0.2, -0.15) is 4.98 Å². The quantitative estimate of drug-likeness (QED) is 0.158. The topological polar surface area (TPSA) is 71.3 Å². The number of imidazole rings is 1. The fraction of sp³-hybridized carbons (Fsp3) is 0.361. The molecule has 0 aliphatic heterocycles. The Morgan fingerprint density at radius 2 is 1.35 bits per heavy atom. The Labute approximate surface area is 254 Å². The number of methoxy groups -OCH3 is 1. The molecule has 0 bridgehead atoms. The Kier molecular flexibility index (Phi) is 8.83. The Bertz CT molecular complexity index is 1630. The number of ether oxygens (including phenoxy) is 3. The predicted octanol–water partition coefficient (Wildman–Crippen LogP) is 7.74. The number of hydrogen-bond donors (Lipinski definition) is 0. The molecule has 7 heteroatoms. The van der Waals surface area contributed by atoms with Crippen LogP contribution in [-0.4, -0.2) is 40.0 Å². The fourth-order valence-electron chi connectivity index (χ4n) is 5.10. The zero-order valence-corrected chi connectivity index (χ0v) is 26.3. The van der Waals surface area contributed by atoms with Crippen LogP contribution in [0.2, 0.25) is 0 Å². The summed E-state index contributed by atoms with van der Waals surface area (Å²) in [6, 6.07) is 24.9. The maximum Gasteiger partial charge on any atom is 0.246 e. The summed E-state index contributed by atoms with van der Waals surface area (Å²) >= 11 is 0. The van der Waals surface area contributed by atoms with Gasteiger partial charge in [0.15, 0.2) is 23.8 Å². The summed E-state index contributed by atoms with van der Waals surface area (Å²) in [7, 11) is 1.64. The molecule has 0 amide bonds. The highest BCUT2D eigenvalue weighted by atomic mass is 16.7. The minimum atomic E-state index is -0.201. The number of rotatable bonds is 10. The zero-order chi connectivity index (χ0) is 30.6. The molecule has 0 unspecified atom stereocenters. The summed E-state index contributed by atoms with van der Waals surface area (Å²) < 4.78 is 19.9. The van der Waals surface area contributed by atoms with E-state index in [1.807, 2.05) is 42.7 Å². The van der Waals surface area contributed by atoms with Crippen LogP contribution in [0.15, 0.2) is 79.1 Å². The second kappa shape index (κ2) is 12.6. The van der Waals surface area contributed by atoms with Gasteiger partial charge in [0.05, 0.1) is 19.5 Å². The molecule has 0 aliphatic rings. The van der Waals surface area contributed by atoms with Gasteiger partial charge in [-0.25, -0.2) is 9.97 Å². The third kappa shape index (κ3) is 7.05. The first kappa shape index (κ1) is 30.2.